The van der Waals surface area contributed by atoms with Crippen LogP contribution >= 0.6 is 0 Å². The first-order chi connectivity index (χ1) is 13.7. The molecule has 29 heavy (non-hydrogen) atoms. The van der Waals surface area contributed by atoms with E-state index in [0.29, 0.717) is 0 Å². The molecule has 1 aromatic carbocycles. The maximum Gasteiger partial charge on any atom is 0.332 e. The van der Waals surface area contributed by atoms with E-state index in [9.17, 15) is 29.3 Å². The molecule has 0 radical (unpaired) electrons. The lowest BCUT2D eigenvalue weighted by Gasteiger charge is -2.09. The monoisotopic (exact) mass is 401 g/mol. The number of hydrogen-bond donors (Lipinski definition) is 2. The van der Waals surface area contributed by atoms with Gasteiger partial charge in [-0.2, -0.15) is 0 Å². The van der Waals surface area contributed by atoms with Crippen LogP contribution in [0.15, 0.2) is 40.2 Å². The summed E-state index contributed by atoms with van der Waals surface area (Å²) < 4.78 is 3.31. The Morgan fingerprint density at radius 1 is 1.17 bits per heavy atom. The summed E-state index contributed by atoms with van der Waals surface area (Å²) in [7, 11) is 2.75. The van der Waals surface area contributed by atoms with Gasteiger partial charge >= 0.3 is 5.69 Å². The SMILES string of the molecule is Cn1c(=O)c2c(ncn2CC(=O)NNC(=O)c2cccc([N+](=O)[O-])c2)n(C)c1=O. The van der Waals surface area contributed by atoms with E-state index in [-0.39, 0.29) is 29.0 Å². The summed E-state index contributed by atoms with van der Waals surface area (Å²) in [6.45, 7) is -0.362. The Morgan fingerprint density at radius 2 is 1.90 bits per heavy atom. The van der Waals surface area contributed by atoms with Gasteiger partial charge in [0.2, 0.25) is 0 Å². The standard InChI is InChI=1S/C16H15N7O6/c1-20-13-12(15(26)21(2)16(20)27)22(8-17-13)7-11(24)18-19-14(25)9-4-3-5-10(6-9)23(28)29/h3-6,8H,7H2,1-2H3,(H,18,24)(H,19,25). The number of hydrogen-bond acceptors (Lipinski definition) is 7. The van der Waals surface area contributed by atoms with Gasteiger partial charge in [0, 0.05) is 31.8 Å². The predicted octanol–water partition coefficient (Wildman–Crippen LogP) is -1.20. The molecule has 2 N–H and O–H groups in total. The Balaban J connectivity index is 1.74. The van der Waals surface area contributed by atoms with Crippen LogP contribution < -0.4 is 22.1 Å². The van der Waals surface area contributed by atoms with Crippen molar-refractivity contribution in [3.63, 3.8) is 0 Å². The Labute approximate surface area is 161 Å². The lowest BCUT2D eigenvalue weighted by molar-refractivity contribution is -0.384. The third-order valence-corrected chi connectivity index (χ3v) is 4.17. The van der Waals surface area contributed by atoms with Gasteiger partial charge in [-0.1, -0.05) is 6.07 Å². The van der Waals surface area contributed by atoms with Crippen molar-refractivity contribution in [1.29, 1.82) is 0 Å². The van der Waals surface area contributed by atoms with E-state index in [0.717, 1.165) is 10.6 Å². The average Bonchev–Trinajstić information content (AvgIpc) is 3.12. The number of nitrogens with zero attached hydrogens (tertiary/aromatic N) is 5. The number of nitro benzene ring substituents is 1. The first kappa shape index (κ1) is 19.5. The highest BCUT2D eigenvalue weighted by Gasteiger charge is 2.17. The molecule has 2 aromatic heterocycles. The fourth-order valence-corrected chi connectivity index (χ4v) is 2.67. The molecule has 13 heteroatoms. The number of carbonyl (C=O) groups excluding carboxylic acids is 2. The minimum absolute atomic E-state index is 0.0172. The lowest BCUT2D eigenvalue weighted by atomic mass is 10.2. The fraction of sp³-hybridized carbons (Fsp3) is 0.188. The highest BCUT2D eigenvalue weighted by atomic mass is 16.6. The molecule has 0 saturated heterocycles. The Bertz CT molecular complexity index is 1270. The minimum Gasteiger partial charge on any atom is -0.315 e. The highest BCUT2D eigenvalue weighted by Crippen LogP contribution is 2.12. The average molecular weight is 401 g/mol. The van der Waals surface area contributed by atoms with Crippen LogP contribution in [0.25, 0.3) is 11.2 Å². The number of non-ortho nitro benzene ring substituents is 1. The first-order valence-corrected chi connectivity index (χ1v) is 8.15. The molecule has 0 fully saturated rings. The van der Waals surface area contributed by atoms with Crippen LogP contribution in [-0.2, 0) is 25.4 Å². The zero-order valence-electron chi connectivity index (χ0n) is 15.3. The molecule has 0 aliphatic carbocycles. The molecule has 0 atom stereocenters. The maximum atomic E-state index is 12.3. The van der Waals surface area contributed by atoms with Crippen molar-refractivity contribution in [3.8, 4) is 0 Å². The van der Waals surface area contributed by atoms with Crippen molar-refractivity contribution >= 4 is 28.7 Å². The zero-order chi connectivity index (χ0) is 21.3. The quantitative estimate of drug-likeness (QED) is 0.410. The number of hydrazine groups is 1. The Morgan fingerprint density at radius 3 is 2.59 bits per heavy atom. The van der Waals surface area contributed by atoms with Crippen LogP contribution in [0.5, 0.6) is 0 Å². The van der Waals surface area contributed by atoms with Gasteiger partial charge in [0.25, 0.3) is 23.1 Å². The van der Waals surface area contributed by atoms with Gasteiger partial charge in [0.15, 0.2) is 11.2 Å². The van der Waals surface area contributed by atoms with Crippen molar-refractivity contribution in [2.75, 3.05) is 0 Å². The molecule has 0 aliphatic rings. The van der Waals surface area contributed by atoms with Gasteiger partial charge in [-0.25, -0.2) is 9.78 Å². The number of nitrogens with one attached hydrogen (secondary N) is 2. The van der Waals surface area contributed by atoms with Crippen molar-refractivity contribution in [3.05, 3.63) is 67.1 Å². The van der Waals surface area contributed by atoms with Gasteiger partial charge in [-0.05, 0) is 6.07 Å². The van der Waals surface area contributed by atoms with Crippen molar-refractivity contribution in [2.24, 2.45) is 14.1 Å². The van der Waals surface area contributed by atoms with Crippen molar-refractivity contribution < 1.29 is 14.5 Å². The molecular weight excluding hydrogens is 386 g/mol. The molecule has 3 aromatic rings. The summed E-state index contributed by atoms with van der Waals surface area (Å²) in [4.78, 5) is 62.6. The predicted molar refractivity (Wildman–Crippen MR) is 98.9 cm³/mol. The zero-order valence-corrected chi connectivity index (χ0v) is 15.3. The van der Waals surface area contributed by atoms with E-state index in [2.05, 4.69) is 15.8 Å². The third-order valence-electron chi connectivity index (χ3n) is 4.17. The third kappa shape index (κ3) is 3.60. The molecule has 0 aliphatic heterocycles. The van der Waals surface area contributed by atoms with E-state index in [1.165, 1.54) is 47.8 Å². The molecule has 3 rings (SSSR count). The van der Waals surface area contributed by atoms with E-state index in [1.807, 2.05) is 0 Å². The summed E-state index contributed by atoms with van der Waals surface area (Å²) in [6.07, 6.45) is 1.23. The fourth-order valence-electron chi connectivity index (χ4n) is 2.67. The molecule has 0 bridgehead atoms. The summed E-state index contributed by atoms with van der Waals surface area (Å²) in [5.41, 5.74) is 3.01. The Hall–Kier alpha value is -4.29. The van der Waals surface area contributed by atoms with Gasteiger partial charge in [0.05, 0.1) is 11.3 Å². The van der Waals surface area contributed by atoms with Crippen LogP contribution in [0.1, 0.15) is 10.4 Å². The molecule has 2 amide bonds. The lowest BCUT2D eigenvalue weighted by Crippen LogP contribution is -2.43. The van der Waals surface area contributed by atoms with E-state index in [1.54, 1.807) is 0 Å². The smallest absolute Gasteiger partial charge is 0.315 e. The van der Waals surface area contributed by atoms with Gasteiger partial charge in [-0.3, -0.25) is 44.5 Å². The Kier molecular flexibility index (Phi) is 4.95. The van der Waals surface area contributed by atoms with Crippen molar-refractivity contribution in [2.45, 2.75) is 6.54 Å². The second-order valence-electron chi connectivity index (χ2n) is 6.06. The number of amides is 2. The largest absolute Gasteiger partial charge is 0.332 e. The van der Waals surface area contributed by atoms with Gasteiger partial charge in [0.1, 0.15) is 6.54 Å². The summed E-state index contributed by atoms with van der Waals surface area (Å²) in [5.74, 6) is -1.44. The maximum absolute atomic E-state index is 12.3. The molecule has 0 unspecified atom stereocenters. The molecule has 13 nitrogen and oxygen atoms in total. The number of aromatic nitrogens is 4. The summed E-state index contributed by atoms with van der Waals surface area (Å²) >= 11 is 0. The number of aryl methyl sites for hydroxylation is 1. The summed E-state index contributed by atoms with van der Waals surface area (Å²) in [5, 5.41) is 10.8. The minimum atomic E-state index is -0.754. The van der Waals surface area contributed by atoms with Gasteiger partial charge in [-0.15, -0.1) is 0 Å². The number of rotatable bonds is 4. The molecule has 150 valence electrons. The van der Waals surface area contributed by atoms with Crippen LogP contribution in [-0.4, -0.2) is 35.4 Å². The van der Waals surface area contributed by atoms with E-state index in [4.69, 9.17) is 0 Å². The van der Waals surface area contributed by atoms with Crippen molar-refractivity contribution in [1.82, 2.24) is 29.5 Å². The number of nitro groups is 1. The van der Waals surface area contributed by atoms with E-state index < -0.39 is 28.0 Å². The second-order valence-corrected chi connectivity index (χ2v) is 6.06. The molecule has 0 saturated carbocycles. The van der Waals surface area contributed by atoms with Crippen LogP contribution in [0.4, 0.5) is 5.69 Å². The first-order valence-electron chi connectivity index (χ1n) is 8.15. The van der Waals surface area contributed by atoms with Crippen LogP contribution in [0, 0.1) is 10.1 Å². The topological polar surface area (TPSA) is 163 Å². The van der Waals surface area contributed by atoms with Crippen LogP contribution in [0.2, 0.25) is 0 Å². The highest BCUT2D eigenvalue weighted by molar-refractivity contribution is 5.96. The van der Waals surface area contributed by atoms with Gasteiger partial charge < -0.3 is 4.57 Å². The normalized spacial score (nSPS) is 10.7. The molecule has 2 heterocycles. The number of fused-ring (bicyclic) bond motifs is 1. The molecule has 0 spiro atoms. The number of benzene rings is 1. The number of carbonyl (C=O) groups is 2. The second kappa shape index (κ2) is 7.38. The number of imidazole rings is 1. The van der Waals surface area contributed by atoms with Crippen LogP contribution in [0.3, 0.4) is 0 Å². The van der Waals surface area contributed by atoms with E-state index >= 15 is 0 Å². The molecular formula is C16H15N7O6. The summed E-state index contributed by atoms with van der Waals surface area (Å²) in [6, 6.07) is 4.98.